The van der Waals surface area contributed by atoms with Gasteiger partial charge in [0.25, 0.3) is 11.8 Å². The Hall–Kier alpha value is -2.89. The van der Waals surface area contributed by atoms with Gasteiger partial charge in [-0.15, -0.1) is 0 Å². The SMILES string of the molecule is CC1Oc2ccc(C(=O)Nc3cccc(F)c3)cc2NC1=O. The van der Waals surface area contributed by atoms with Crippen LogP contribution in [-0.4, -0.2) is 17.9 Å². The summed E-state index contributed by atoms with van der Waals surface area (Å²) in [6.07, 6.45) is -0.570. The van der Waals surface area contributed by atoms with Crippen LogP contribution in [0.15, 0.2) is 42.5 Å². The molecular formula is C16H13FN2O3. The van der Waals surface area contributed by atoms with E-state index in [-0.39, 0.29) is 5.91 Å². The van der Waals surface area contributed by atoms with E-state index in [0.29, 0.717) is 22.7 Å². The lowest BCUT2D eigenvalue weighted by Crippen LogP contribution is -2.34. The molecule has 1 aliphatic rings. The van der Waals surface area contributed by atoms with Crippen molar-refractivity contribution in [3.63, 3.8) is 0 Å². The van der Waals surface area contributed by atoms with E-state index >= 15 is 0 Å². The van der Waals surface area contributed by atoms with Gasteiger partial charge < -0.3 is 15.4 Å². The maximum absolute atomic E-state index is 13.1. The van der Waals surface area contributed by atoms with Crippen molar-refractivity contribution in [3.05, 3.63) is 53.8 Å². The van der Waals surface area contributed by atoms with Gasteiger partial charge in [-0.2, -0.15) is 0 Å². The van der Waals surface area contributed by atoms with Crippen molar-refractivity contribution in [2.24, 2.45) is 0 Å². The molecule has 2 N–H and O–H groups in total. The highest BCUT2D eigenvalue weighted by Gasteiger charge is 2.24. The Morgan fingerprint density at radius 1 is 1.27 bits per heavy atom. The first-order valence-corrected chi connectivity index (χ1v) is 6.71. The zero-order valence-electron chi connectivity index (χ0n) is 11.7. The molecule has 1 aliphatic heterocycles. The van der Waals surface area contributed by atoms with E-state index in [1.807, 2.05) is 0 Å². The zero-order valence-corrected chi connectivity index (χ0v) is 11.7. The van der Waals surface area contributed by atoms with Crippen LogP contribution in [0.3, 0.4) is 0 Å². The van der Waals surface area contributed by atoms with Gasteiger partial charge in [0.1, 0.15) is 11.6 Å². The second kappa shape index (κ2) is 5.48. The number of halogens is 1. The van der Waals surface area contributed by atoms with Crippen molar-refractivity contribution >= 4 is 23.2 Å². The lowest BCUT2D eigenvalue weighted by atomic mass is 10.1. The van der Waals surface area contributed by atoms with Crippen LogP contribution >= 0.6 is 0 Å². The number of carbonyl (C=O) groups is 2. The fourth-order valence-electron chi connectivity index (χ4n) is 2.12. The lowest BCUT2D eigenvalue weighted by Gasteiger charge is -2.23. The summed E-state index contributed by atoms with van der Waals surface area (Å²) in [6, 6.07) is 10.3. The number of fused-ring (bicyclic) bond motifs is 1. The average molecular weight is 300 g/mol. The van der Waals surface area contributed by atoms with E-state index in [1.54, 1.807) is 25.1 Å². The maximum Gasteiger partial charge on any atom is 0.265 e. The molecule has 2 aromatic rings. The van der Waals surface area contributed by atoms with Crippen LogP contribution in [0.4, 0.5) is 15.8 Å². The zero-order chi connectivity index (χ0) is 15.7. The molecule has 2 aromatic carbocycles. The Balaban J connectivity index is 1.82. The molecule has 0 saturated heterocycles. The minimum absolute atomic E-state index is 0.268. The Bertz CT molecular complexity index is 761. The van der Waals surface area contributed by atoms with Gasteiger partial charge in [0, 0.05) is 11.3 Å². The van der Waals surface area contributed by atoms with Crippen LogP contribution in [0.2, 0.25) is 0 Å². The van der Waals surface area contributed by atoms with Crippen LogP contribution in [0.25, 0.3) is 0 Å². The van der Waals surface area contributed by atoms with Gasteiger partial charge in [-0.25, -0.2) is 4.39 Å². The summed E-state index contributed by atoms with van der Waals surface area (Å²) in [5, 5.41) is 5.27. The summed E-state index contributed by atoms with van der Waals surface area (Å²) in [7, 11) is 0. The van der Waals surface area contributed by atoms with Crippen LogP contribution in [-0.2, 0) is 4.79 Å². The summed E-state index contributed by atoms with van der Waals surface area (Å²) in [4.78, 5) is 23.8. The first kappa shape index (κ1) is 14.1. The van der Waals surface area contributed by atoms with Crippen molar-refractivity contribution in [1.29, 1.82) is 0 Å². The van der Waals surface area contributed by atoms with Crippen LogP contribution < -0.4 is 15.4 Å². The van der Waals surface area contributed by atoms with Crippen LogP contribution in [0, 0.1) is 5.82 Å². The number of anilines is 2. The van der Waals surface area contributed by atoms with Crippen molar-refractivity contribution in [2.75, 3.05) is 10.6 Å². The average Bonchev–Trinajstić information content (AvgIpc) is 2.48. The van der Waals surface area contributed by atoms with E-state index in [4.69, 9.17) is 4.74 Å². The van der Waals surface area contributed by atoms with Crippen molar-refractivity contribution < 1.29 is 18.7 Å². The topological polar surface area (TPSA) is 67.4 Å². The predicted octanol–water partition coefficient (Wildman–Crippen LogP) is 2.80. The number of carbonyl (C=O) groups excluding carboxylic acids is 2. The molecule has 1 atom stereocenters. The molecule has 5 nitrogen and oxygen atoms in total. The maximum atomic E-state index is 13.1. The van der Waals surface area contributed by atoms with Gasteiger partial charge in [0.2, 0.25) is 0 Å². The molecule has 2 amide bonds. The van der Waals surface area contributed by atoms with Gasteiger partial charge in [-0.3, -0.25) is 9.59 Å². The summed E-state index contributed by atoms with van der Waals surface area (Å²) in [5.74, 6) is -0.594. The summed E-state index contributed by atoms with van der Waals surface area (Å²) >= 11 is 0. The molecule has 6 heteroatoms. The number of nitrogens with one attached hydrogen (secondary N) is 2. The molecule has 22 heavy (non-hydrogen) atoms. The van der Waals surface area contributed by atoms with Gasteiger partial charge in [-0.05, 0) is 43.3 Å². The molecule has 112 valence electrons. The quantitative estimate of drug-likeness (QED) is 0.896. The molecule has 1 heterocycles. The second-order valence-electron chi connectivity index (χ2n) is 4.92. The van der Waals surface area contributed by atoms with Crippen molar-refractivity contribution in [1.82, 2.24) is 0 Å². The fourth-order valence-corrected chi connectivity index (χ4v) is 2.12. The van der Waals surface area contributed by atoms with E-state index in [9.17, 15) is 14.0 Å². The largest absolute Gasteiger partial charge is 0.479 e. The highest BCUT2D eigenvalue weighted by atomic mass is 19.1. The lowest BCUT2D eigenvalue weighted by molar-refractivity contribution is -0.122. The third-order valence-electron chi connectivity index (χ3n) is 3.26. The van der Waals surface area contributed by atoms with Gasteiger partial charge in [-0.1, -0.05) is 6.07 Å². The standard InChI is InChI=1S/C16H13FN2O3/c1-9-15(20)19-13-7-10(5-6-14(13)22-9)16(21)18-12-4-2-3-11(17)8-12/h2-9H,1H3,(H,18,21)(H,19,20). The number of benzene rings is 2. The predicted molar refractivity (Wildman–Crippen MR) is 79.5 cm³/mol. The molecule has 0 spiro atoms. The van der Waals surface area contributed by atoms with Crippen molar-refractivity contribution in [3.8, 4) is 5.75 Å². The third kappa shape index (κ3) is 2.76. The molecule has 0 aliphatic carbocycles. The normalized spacial score (nSPS) is 16.3. The highest BCUT2D eigenvalue weighted by Crippen LogP contribution is 2.30. The van der Waals surface area contributed by atoms with Crippen LogP contribution in [0.5, 0.6) is 5.75 Å². The molecule has 1 unspecified atom stereocenters. The highest BCUT2D eigenvalue weighted by molar-refractivity contribution is 6.06. The van der Waals surface area contributed by atoms with E-state index in [2.05, 4.69) is 10.6 Å². The first-order chi connectivity index (χ1) is 10.5. The van der Waals surface area contributed by atoms with E-state index in [0.717, 1.165) is 0 Å². The third-order valence-corrected chi connectivity index (χ3v) is 3.26. The Kier molecular flexibility index (Phi) is 3.50. The summed E-state index contributed by atoms with van der Waals surface area (Å²) in [5.41, 5.74) is 1.13. The minimum Gasteiger partial charge on any atom is -0.479 e. The number of amides is 2. The summed E-state index contributed by atoms with van der Waals surface area (Å²) in [6.45, 7) is 1.64. The molecule has 0 radical (unpaired) electrons. The Morgan fingerprint density at radius 3 is 2.86 bits per heavy atom. The first-order valence-electron chi connectivity index (χ1n) is 6.71. The van der Waals surface area contributed by atoms with Gasteiger partial charge >= 0.3 is 0 Å². The number of hydrogen-bond acceptors (Lipinski definition) is 3. The van der Waals surface area contributed by atoms with Crippen molar-refractivity contribution in [2.45, 2.75) is 13.0 Å². The molecule has 3 rings (SSSR count). The molecule has 0 bridgehead atoms. The molecule has 0 fully saturated rings. The summed E-state index contributed by atoms with van der Waals surface area (Å²) < 4.78 is 18.5. The van der Waals surface area contributed by atoms with E-state index < -0.39 is 17.8 Å². The minimum atomic E-state index is -0.570. The second-order valence-corrected chi connectivity index (χ2v) is 4.92. The molecular weight excluding hydrogens is 287 g/mol. The monoisotopic (exact) mass is 300 g/mol. The molecule has 0 aromatic heterocycles. The Morgan fingerprint density at radius 2 is 2.09 bits per heavy atom. The smallest absolute Gasteiger partial charge is 0.265 e. The number of rotatable bonds is 2. The number of hydrogen-bond donors (Lipinski definition) is 2. The molecule has 0 saturated carbocycles. The van der Waals surface area contributed by atoms with Crippen LogP contribution in [0.1, 0.15) is 17.3 Å². The Labute approximate surface area is 126 Å². The van der Waals surface area contributed by atoms with Gasteiger partial charge in [0.15, 0.2) is 6.10 Å². The fraction of sp³-hybridized carbons (Fsp3) is 0.125. The van der Waals surface area contributed by atoms with E-state index in [1.165, 1.54) is 24.3 Å². The number of ether oxygens (including phenoxy) is 1. The van der Waals surface area contributed by atoms with Gasteiger partial charge in [0.05, 0.1) is 5.69 Å².